The van der Waals surface area contributed by atoms with Gasteiger partial charge in [0.2, 0.25) is 4.77 Å². The molecule has 1 fully saturated rings. The van der Waals surface area contributed by atoms with Crippen molar-refractivity contribution in [3.8, 4) is 5.75 Å². The minimum atomic E-state index is -0.0915. The highest BCUT2D eigenvalue weighted by Gasteiger charge is 2.23. The molecule has 6 nitrogen and oxygen atoms in total. The average Bonchev–Trinajstić information content (AvgIpc) is 3.09. The normalized spacial score (nSPS) is 18.6. The van der Waals surface area contributed by atoms with Crippen LogP contribution in [-0.2, 0) is 4.74 Å². The summed E-state index contributed by atoms with van der Waals surface area (Å²) in [6.45, 7) is 0.723. The molecule has 0 radical (unpaired) electrons. The topological polar surface area (TPSA) is 75.4 Å². The lowest BCUT2D eigenvalue weighted by molar-refractivity contribution is 0.102. The van der Waals surface area contributed by atoms with Crippen molar-refractivity contribution in [2.45, 2.75) is 18.9 Å². The van der Waals surface area contributed by atoms with Crippen molar-refractivity contribution < 1.29 is 9.84 Å². The summed E-state index contributed by atoms with van der Waals surface area (Å²) in [4.78, 5) is 0. The van der Waals surface area contributed by atoms with Crippen molar-refractivity contribution in [3.05, 3.63) is 38.8 Å². The summed E-state index contributed by atoms with van der Waals surface area (Å²) in [6, 6.07) is 5.13. The zero-order chi connectivity index (χ0) is 14.8. The number of hydrogen-bond donors (Lipinski definition) is 2. The maximum Gasteiger partial charge on any atom is 0.216 e. The van der Waals surface area contributed by atoms with E-state index in [9.17, 15) is 5.11 Å². The molecule has 0 bridgehead atoms. The van der Waals surface area contributed by atoms with Crippen LogP contribution in [-0.4, -0.2) is 32.8 Å². The van der Waals surface area contributed by atoms with Crippen LogP contribution >= 0.6 is 28.1 Å². The molecule has 21 heavy (non-hydrogen) atoms. The third-order valence-corrected chi connectivity index (χ3v) is 3.95. The first-order valence-electron chi connectivity index (χ1n) is 6.47. The molecule has 8 heteroatoms. The van der Waals surface area contributed by atoms with E-state index in [1.54, 1.807) is 24.4 Å². The number of ether oxygens (including phenoxy) is 1. The first kappa shape index (κ1) is 14.4. The third-order valence-electron chi connectivity index (χ3n) is 3.20. The molecule has 1 aliphatic heterocycles. The molecule has 2 aromatic rings. The molecule has 1 unspecified atom stereocenters. The lowest BCUT2D eigenvalue weighted by Crippen LogP contribution is -2.05. The van der Waals surface area contributed by atoms with Gasteiger partial charge in [0.25, 0.3) is 0 Å². The molecule has 1 aromatic heterocycles. The Morgan fingerprint density at radius 2 is 2.43 bits per heavy atom. The lowest BCUT2D eigenvalue weighted by Gasteiger charge is -2.07. The number of aromatic nitrogens is 3. The number of aromatic hydroxyl groups is 1. The molecule has 1 aliphatic rings. The van der Waals surface area contributed by atoms with Gasteiger partial charge < -0.3 is 9.84 Å². The van der Waals surface area contributed by atoms with Crippen molar-refractivity contribution in [1.29, 1.82) is 0 Å². The van der Waals surface area contributed by atoms with Gasteiger partial charge >= 0.3 is 0 Å². The van der Waals surface area contributed by atoms with E-state index in [2.05, 4.69) is 31.2 Å². The van der Waals surface area contributed by atoms with Gasteiger partial charge in [-0.05, 0) is 43.3 Å². The molecule has 0 saturated carbocycles. The van der Waals surface area contributed by atoms with E-state index in [1.165, 1.54) is 4.68 Å². The van der Waals surface area contributed by atoms with E-state index < -0.39 is 0 Å². The summed E-state index contributed by atoms with van der Waals surface area (Å²) in [5, 5.41) is 21.0. The molecule has 1 saturated heterocycles. The number of benzene rings is 1. The van der Waals surface area contributed by atoms with Crippen LogP contribution in [0.4, 0.5) is 0 Å². The summed E-state index contributed by atoms with van der Waals surface area (Å²) in [5.74, 6) is 0.805. The Bertz CT molecular complexity index is 734. The van der Waals surface area contributed by atoms with Crippen LogP contribution in [0.15, 0.2) is 27.8 Å². The molecule has 1 aromatic carbocycles. The minimum Gasteiger partial charge on any atom is -0.507 e. The van der Waals surface area contributed by atoms with Crippen molar-refractivity contribution in [2.24, 2.45) is 5.10 Å². The maximum atomic E-state index is 9.82. The predicted octanol–water partition coefficient (Wildman–Crippen LogP) is 3.14. The fourth-order valence-electron chi connectivity index (χ4n) is 2.15. The van der Waals surface area contributed by atoms with Gasteiger partial charge in [-0.15, -0.1) is 0 Å². The highest BCUT2D eigenvalue weighted by Crippen LogP contribution is 2.27. The molecule has 3 rings (SSSR count). The standard InChI is InChI=1S/C13H13BrN4O2S/c14-9-3-4-10(19)8(6-9)7-15-18-12(16-17-13(18)21)11-2-1-5-20-11/h3-4,6-7,11,19H,1-2,5H2,(H,17,21)/b15-7-. The summed E-state index contributed by atoms with van der Waals surface area (Å²) < 4.78 is 8.39. The van der Waals surface area contributed by atoms with Gasteiger partial charge in [0, 0.05) is 16.6 Å². The number of rotatable bonds is 3. The Hall–Kier alpha value is -1.51. The second kappa shape index (κ2) is 6.08. The number of hydrogen-bond acceptors (Lipinski definition) is 5. The Morgan fingerprint density at radius 1 is 1.57 bits per heavy atom. The fourth-order valence-corrected chi connectivity index (χ4v) is 2.72. The molecule has 2 heterocycles. The number of nitrogens with one attached hydrogen (secondary N) is 1. The van der Waals surface area contributed by atoms with Crippen LogP contribution < -0.4 is 0 Å². The molecular formula is C13H13BrN4O2S. The summed E-state index contributed by atoms with van der Waals surface area (Å²) in [5.41, 5.74) is 0.589. The van der Waals surface area contributed by atoms with E-state index in [1.807, 2.05) is 0 Å². The Kier molecular flexibility index (Phi) is 4.18. The van der Waals surface area contributed by atoms with Crippen molar-refractivity contribution in [3.63, 3.8) is 0 Å². The Morgan fingerprint density at radius 3 is 3.19 bits per heavy atom. The van der Waals surface area contributed by atoms with Gasteiger partial charge in [0.15, 0.2) is 5.82 Å². The third kappa shape index (κ3) is 3.07. The maximum absolute atomic E-state index is 9.82. The second-order valence-electron chi connectivity index (χ2n) is 4.65. The Balaban J connectivity index is 1.94. The van der Waals surface area contributed by atoms with E-state index in [0.717, 1.165) is 23.9 Å². The molecule has 0 aliphatic carbocycles. The first-order valence-corrected chi connectivity index (χ1v) is 7.67. The number of nitrogens with zero attached hydrogens (tertiary/aromatic N) is 3. The van der Waals surface area contributed by atoms with Gasteiger partial charge in [-0.1, -0.05) is 15.9 Å². The monoisotopic (exact) mass is 368 g/mol. The molecular weight excluding hydrogens is 356 g/mol. The van der Waals surface area contributed by atoms with Crippen molar-refractivity contribution in [2.75, 3.05) is 6.61 Å². The quantitative estimate of drug-likeness (QED) is 0.644. The van der Waals surface area contributed by atoms with Crippen molar-refractivity contribution in [1.82, 2.24) is 14.9 Å². The van der Waals surface area contributed by atoms with Gasteiger partial charge in [-0.3, -0.25) is 5.10 Å². The number of phenolic OH excluding ortho intramolecular Hbond substituents is 1. The molecule has 110 valence electrons. The largest absolute Gasteiger partial charge is 0.507 e. The highest BCUT2D eigenvalue weighted by molar-refractivity contribution is 9.10. The van der Waals surface area contributed by atoms with Crippen LogP contribution in [0.5, 0.6) is 5.75 Å². The first-order chi connectivity index (χ1) is 10.1. The zero-order valence-electron chi connectivity index (χ0n) is 11.0. The molecule has 0 spiro atoms. The summed E-state index contributed by atoms with van der Waals surface area (Å²) in [6.07, 6.45) is 3.35. The molecule has 0 amide bonds. The van der Waals surface area contributed by atoms with E-state index in [4.69, 9.17) is 17.0 Å². The second-order valence-corrected chi connectivity index (χ2v) is 5.95. The fraction of sp³-hybridized carbons (Fsp3) is 0.308. The lowest BCUT2D eigenvalue weighted by atomic mass is 10.2. The van der Waals surface area contributed by atoms with Crippen LogP contribution in [0.25, 0.3) is 0 Å². The summed E-state index contributed by atoms with van der Waals surface area (Å²) in [7, 11) is 0. The van der Waals surface area contributed by atoms with Gasteiger partial charge in [-0.25, -0.2) is 0 Å². The SMILES string of the molecule is Oc1ccc(Br)cc1/C=N\n1c(C2CCCO2)n[nH]c1=S. The van der Waals surface area contributed by atoms with E-state index in [0.29, 0.717) is 16.2 Å². The number of H-pyrrole nitrogens is 1. The molecule has 1 atom stereocenters. The Labute approximate surface area is 134 Å². The van der Waals surface area contributed by atoms with Crippen LogP contribution in [0.1, 0.15) is 30.3 Å². The van der Waals surface area contributed by atoms with Crippen LogP contribution in [0.3, 0.4) is 0 Å². The average molecular weight is 369 g/mol. The number of phenols is 1. The van der Waals surface area contributed by atoms with Gasteiger partial charge in [0.05, 0.1) is 6.21 Å². The smallest absolute Gasteiger partial charge is 0.216 e. The minimum absolute atomic E-state index is 0.0915. The van der Waals surface area contributed by atoms with Crippen LogP contribution in [0, 0.1) is 4.77 Å². The van der Waals surface area contributed by atoms with Crippen molar-refractivity contribution >= 4 is 34.4 Å². The zero-order valence-corrected chi connectivity index (χ0v) is 13.4. The van der Waals surface area contributed by atoms with E-state index >= 15 is 0 Å². The number of halogens is 1. The number of aromatic amines is 1. The highest BCUT2D eigenvalue weighted by atomic mass is 79.9. The summed E-state index contributed by atoms with van der Waals surface area (Å²) >= 11 is 8.55. The van der Waals surface area contributed by atoms with Gasteiger partial charge in [0.1, 0.15) is 11.9 Å². The van der Waals surface area contributed by atoms with Gasteiger partial charge in [-0.2, -0.15) is 14.9 Å². The predicted molar refractivity (Wildman–Crippen MR) is 84.1 cm³/mol. The van der Waals surface area contributed by atoms with E-state index in [-0.39, 0.29) is 11.9 Å². The molecule has 2 N–H and O–H groups in total. The van der Waals surface area contributed by atoms with Crippen LogP contribution in [0.2, 0.25) is 0 Å².